The lowest BCUT2D eigenvalue weighted by atomic mass is 10.1. The van der Waals surface area contributed by atoms with Crippen LogP contribution >= 0.6 is 24.0 Å². The molecule has 0 spiro atoms. The van der Waals surface area contributed by atoms with E-state index >= 15 is 0 Å². The summed E-state index contributed by atoms with van der Waals surface area (Å²) in [5.74, 6) is 0.905. The monoisotopic (exact) mass is 525 g/mol. The number of nitrogens with one attached hydrogen (secondary N) is 2. The Bertz CT molecular complexity index is 521. The van der Waals surface area contributed by atoms with Crippen LogP contribution in [-0.2, 0) is 9.47 Å². The molecule has 2 saturated heterocycles. The normalized spacial score (nSPS) is 22.0. The average molecular weight is 525 g/mol. The van der Waals surface area contributed by atoms with Gasteiger partial charge < -0.3 is 25.0 Å². The van der Waals surface area contributed by atoms with Crippen molar-refractivity contribution in [3.05, 3.63) is 0 Å². The molecule has 1 amide bonds. The summed E-state index contributed by atoms with van der Waals surface area (Å²) >= 11 is 0. The second kappa shape index (κ2) is 12.8. The molecule has 2 rings (SSSR count). The largest absolute Gasteiger partial charge is 0.444 e. The summed E-state index contributed by atoms with van der Waals surface area (Å²) < 4.78 is 10.9. The Labute approximate surface area is 193 Å². The van der Waals surface area contributed by atoms with E-state index < -0.39 is 5.60 Å². The molecule has 0 aromatic rings. The molecule has 0 aromatic carbocycles. The first kappa shape index (κ1) is 26.2. The number of aliphatic imine (C=N–C) groups is 1. The van der Waals surface area contributed by atoms with Gasteiger partial charge >= 0.3 is 6.09 Å². The minimum Gasteiger partial charge on any atom is -0.444 e. The van der Waals surface area contributed by atoms with Crippen molar-refractivity contribution in [1.29, 1.82) is 0 Å². The molecule has 2 N–H and O–H groups in total. The van der Waals surface area contributed by atoms with E-state index in [-0.39, 0.29) is 36.1 Å². The highest BCUT2D eigenvalue weighted by atomic mass is 127. The third-order valence-corrected chi connectivity index (χ3v) is 5.10. The fourth-order valence-electron chi connectivity index (χ4n) is 3.77. The second-order valence-corrected chi connectivity index (χ2v) is 8.60. The SMILES string of the molecule is CCCC(CNC(=NC)N1CCC(N2CCOCC2)C1)NC(=O)OC(C)(C)C.I. The Morgan fingerprint density at radius 2 is 1.97 bits per heavy atom. The number of hydrogen-bond acceptors (Lipinski definition) is 5. The van der Waals surface area contributed by atoms with Crippen LogP contribution in [-0.4, -0.2) is 92.5 Å². The zero-order chi connectivity index (χ0) is 20.6. The zero-order valence-corrected chi connectivity index (χ0v) is 21.0. The predicted molar refractivity (Wildman–Crippen MR) is 127 cm³/mol. The van der Waals surface area contributed by atoms with Crippen LogP contribution in [0.4, 0.5) is 4.79 Å². The first-order valence-electron chi connectivity index (χ1n) is 10.6. The van der Waals surface area contributed by atoms with Crippen LogP contribution in [0.5, 0.6) is 0 Å². The number of carbonyl (C=O) groups excluding carboxylic acids is 1. The van der Waals surface area contributed by atoms with Gasteiger partial charge in [-0.2, -0.15) is 0 Å². The maximum atomic E-state index is 12.1. The lowest BCUT2D eigenvalue weighted by Gasteiger charge is -2.32. The number of ether oxygens (including phenoxy) is 2. The second-order valence-electron chi connectivity index (χ2n) is 8.60. The van der Waals surface area contributed by atoms with E-state index in [0.29, 0.717) is 12.6 Å². The van der Waals surface area contributed by atoms with Crippen LogP contribution in [0, 0.1) is 0 Å². The molecule has 2 aliphatic heterocycles. The van der Waals surface area contributed by atoms with Gasteiger partial charge in [0, 0.05) is 51.9 Å². The van der Waals surface area contributed by atoms with Gasteiger partial charge in [-0.15, -0.1) is 24.0 Å². The van der Waals surface area contributed by atoms with E-state index in [4.69, 9.17) is 9.47 Å². The number of carbonyl (C=O) groups is 1. The first-order valence-corrected chi connectivity index (χ1v) is 10.6. The number of hydrogen-bond donors (Lipinski definition) is 2. The molecule has 2 heterocycles. The summed E-state index contributed by atoms with van der Waals surface area (Å²) in [4.78, 5) is 21.4. The van der Waals surface area contributed by atoms with Crippen LogP contribution in [0.15, 0.2) is 4.99 Å². The van der Waals surface area contributed by atoms with E-state index in [1.807, 2.05) is 27.8 Å². The Kier molecular flexibility index (Phi) is 11.6. The third kappa shape index (κ3) is 9.25. The Morgan fingerprint density at radius 1 is 1.28 bits per heavy atom. The lowest BCUT2D eigenvalue weighted by Crippen LogP contribution is -2.50. The van der Waals surface area contributed by atoms with Crippen LogP contribution in [0.25, 0.3) is 0 Å². The molecule has 0 bridgehead atoms. The average Bonchev–Trinajstić information content (AvgIpc) is 3.11. The van der Waals surface area contributed by atoms with Crippen LogP contribution in [0.1, 0.15) is 47.0 Å². The van der Waals surface area contributed by atoms with Gasteiger partial charge in [0.25, 0.3) is 0 Å². The Hall–Kier alpha value is -0.810. The topological polar surface area (TPSA) is 78.4 Å². The number of rotatable bonds is 6. The molecule has 0 aromatic heterocycles. The van der Waals surface area contributed by atoms with E-state index in [1.165, 1.54) is 0 Å². The highest BCUT2D eigenvalue weighted by Gasteiger charge is 2.30. The summed E-state index contributed by atoms with van der Waals surface area (Å²) in [7, 11) is 1.82. The maximum absolute atomic E-state index is 12.1. The van der Waals surface area contributed by atoms with Crippen molar-refractivity contribution in [1.82, 2.24) is 20.4 Å². The highest BCUT2D eigenvalue weighted by Crippen LogP contribution is 2.17. The van der Waals surface area contributed by atoms with Crippen LogP contribution in [0.3, 0.4) is 0 Å². The third-order valence-electron chi connectivity index (χ3n) is 5.10. The molecule has 8 nitrogen and oxygen atoms in total. The number of guanidine groups is 1. The van der Waals surface area contributed by atoms with Gasteiger partial charge in [-0.3, -0.25) is 9.89 Å². The maximum Gasteiger partial charge on any atom is 0.407 e. The quantitative estimate of drug-likeness (QED) is 0.315. The lowest BCUT2D eigenvalue weighted by molar-refractivity contribution is 0.0194. The van der Waals surface area contributed by atoms with Crippen molar-refractivity contribution in [2.45, 2.75) is 64.6 Å². The van der Waals surface area contributed by atoms with E-state index in [9.17, 15) is 4.79 Å². The van der Waals surface area contributed by atoms with Gasteiger partial charge in [-0.05, 0) is 33.6 Å². The summed E-state index contributed by atoms with van der Waals surface area (Å²) in [6, 6.07) is 0.572. The van der Waals surface area contributed by atoms with Crippen LogP contribution < -0.4 is 10.6 Å². The predicted octanol–water partition coefficient (Wildman–Crippen LogP) is 2.28. The molecule has 0 saturated carbocycles. The molecule has 0 radical (unpaired) electrons. The summed E-state index contributed by atoms with van der Waals surface area (Å²) in [5, 5.41) is 6.44. The summed E-state index contributed by atoms with van der Waals surface area (Å²) in [6.07, 6.45) is 2.66. The van der Waals surface area contributed by atoms with E-state index in [0.717, 1.165) is 64.6 Å². The number of likely N-dealkylation sites (tertiary alicyclic amines) is 1. The van der Waals surface area contributed by atoms with Crippen LogP contribution in [0.2, 0.25) is 0 Å². The van der Waals surface area contributed by atoms with Crippen molar-refractivity contribution in [3.63, 3.8) is 0 Å². The van der Waals surface area contributed by atoms with Crippen molar-refractivity contribution in [2.75, 3.05) is 53.0 Å². The molecular weight excluding hydrogens is 485 g/mol. The molecule has 2 unspecified atom stereocenters. The fourth-order valence-corrected chi connectivity index (χ4v) is 3.77. The number of alkyl carbamates (subject to hydrolysis) is 1. The van der Waals surface area contributed by atoms with Crippen molar-refractivity contribution < 1.29 is 14.3 Å². The smallest absolute Gasteiger partial charge is 0.407 e. The number of nitrogens with zero attached hydrogens (tertiary/aromatic N) is 3. The van der Waals surface area contributed by atoms with Gasteiger partial charge in [-0.25, -0.2) is 4.79 Å². The zero-order valence-electron chi connectivity index (χ0n) is 18.7. The molecule has 2 aliphatic rings. The minimum atomic E-state index is -0.492. The Morgan fingerprint density at radius 3 is 2.55 bits per heavy atom. The molecule has 0 aliphatic carbocycles. The molecule has 2 atom stereocenters. The number of morpholine rings is 1. The van der Waals surface area contributed by atoms with Crippen molar-refractivity contribution in [2.24, 2.45) is 4.99 Å². The van der Waals surface area contributed by atoms with Gasteiger partial charge in [-0.1, -0.05) is 13.3 Å². The molecule has 2 fully saturated rings. The van der Waals surface area contributed by atoms with Gasteiger partial charge in [0.1, 0.15) is 5.60 Å². The Balaban J connectivity index is 0.00000420. The summed E-state index contributed by atoms with van der Waals surface area (Å²) in [5.41, 5.74) is -0.492. The first-order chi connectivity index (χ1) is 13.3. The van der Waals surface area contributed by atoms with E-state index in [2.05, 4.69) is 32.3 Å². The van der Waals surface area contributed by atoms with E-state index in [1.54, 1.807) is 0 Å². The minimum absolute atomic E-state index is 0. The standard InChI is InChI=1S/C20H39N5O3.HI/c1-6-7-16(23-19(26)28-20(2,3)4)14-22-18(21-5)25-9-8-17(15-25)24-10-12-27-13-11-24;/h16-17H,6-15H2,1-5H3,(H,21,22)(H,23,26);1H. The van der Waals surface area contributed by atoms with Crippen molar-refractivity contribution in [3.8, 4) is 0 Å². The summed E-state index contributed by atoms with van der Waals surface area (Å²) in [6.45, 7) is 14.1. The van der Waals surface area contributed by atoms with Gasteiger partial charge in [0.05, 0.1) is 13.2 Å². The van der Waals surface area contributed by atoms with Gasteiger partial charge in [0.15, 0.2) is 5.96 Å². The molecule has 29 heavy (non-hydrogen) atoms. The number of halogens is 1. The molecular formula is C20H40IN5O3. The van der Waals surface area contributed by atoms with Gasteiger partial charge in [0.2, 0.25) is 0 Å². The highest BCUT2D eigenvalue weighted by molar-refractivity contribution is 14.0. The fraction of sp³-hybridized carbons (Fsp3) is 0.900. The van der Waals surface area contributed by atoms with Crippen molar-refractivity contribution >= 4 is 36.0 Å². The molecule has 9 heteroatoms. The number of amides is 1. The molecule has 170 valence electrons.